The van der Waals surface area contributed by atoms with Gasteiger partial charge in [0.15, 0.2) is 12.6 Å². The first kappa shape index (κ1) is 87.4. The summed E-state index contributed by atoms with van der Waals surface area (Å²) in [6.45, 7) is 16.9. The van der Waals surface area contributed by atoms with Gasteiger partial charge in [0, 0.05) is 78.0 Å². The minimum Gasteiger partial charge on any atom is -0.396 e. The Hall–Kier alpha value is -3.83. The number of aliphatic hydroxyl groups excluding tert-OH is 9. The van der Waals surface area contributed by atoms with E-state index in [1.165, 1.54) is 20.8 Å². The molecular weight excluding hydrogens is 1290 g/mol. The van der Waals surface area contributed by atoms with Gasteiger partial charge in [-0.2, -0.15) is 0 Å². The molecule has 3 aliphatic rings. The summed E-state index contributed by atoms with van der Waals surface area (Å²) >= 11 is 0. The molecule has 2 saturated heterocycles. The van der Waals surface area contributed by atoms with Crippen molar-refractivity contribution in [1.82, 2.24) is 26.6 Å². The molecular formula is C64H117N5O28. The van der Waals surface area contributed by atoms with Gasteiger partial charge in [0.2, 0.25) is 23.6 Å². The van der Waals surface area contributed by atoms with E-state index in [0.29, 0.717) is 104 Å². The van der Waals surface area contributed by atoms with Crippen LogP contribution >= 0.6 is 0 Å². The van der Waals surface area contributed by atoms with Crippen LogP contribution in [0, 0.1) is 17.3 Å². The topological polar surface area (TPSA) is 457 Å². The van der Waals surface area contributed by atoms with Crippen LogP contribution in [-0.2, 0) is 90.3 Å². The Morgan fingerprint density at radius 1 is 0.443 bits per heavy atom. The molecule has 33 heteroatoms. The predicted octanol–water partition coefficient (Wildman–Crippen LogP) is -3.77. The minimum atomic E-state index is -1.42. The molecule has 33 nitrogen and oxygen atoms in total. The van der Waals surface area contributed by atoms with Crippen LogP contribution in [0.4, 0.5) is 0 Å². The van der Waals surface area contributed by atoms with Gasteiger partial charge in [-0.1, -0.05) is 20.4 Å². The van der Waals surface area contributed by atoms with Gasteiger partial charge in [-0.15, -0.1) is 0 Å². The van der Waals surface area contributed by atoms with Gasteiger partial charge >= 0.3 is 0 Å². The second-order valence-electron chi connectivity index (χ2n) is 24.5. The first-order valence-corrected chi connectivity index (χ1v) is 33.9. The molecule has 3 fully saturated rings. The van der Waals surface area contributed by atoms with Crippen LogP contribution in [-0.4, -0.2) is 333 Å². The largest absolute Gasteiger partial charge is 0.396 e. The van der Waals surface area contributed by atoms with E-state index in [9.17, 15) is 69.9 Å². The third-order valence-corrected chi connectivity index (χ3v) is 16.9. The average molecular weight is 1400 g/mol. The predicted molar refractivity (Wildman–Crippen MR) is 344 cm³/mol. The molecule has 1 saturated carbocycles. The molecule has 14 N–H and O–H groups in total. The lowest BCUT2D eigenvalue weighted by molar-refractivity contribution is -0.272. The highest BCUT2D eigenvalue weighted by molar-refractivity contribution is 5.78. The van der Waals surface area contributed by atoms with Crippen molar-refractivity contribution in [1.29, 1.82) is 0 Å². The Morgan fingerprint density at radius 2 is 0.814 bits per heavy atom. The zero-order chi connectivity index (χ0) is 71.4. The Morgan fingerprint density at radius 3 is 1.24 bits per heavy atom. The summed E-state index contributed by atoms with van der Waals surface area (Å²) in [6.07, 6.45) is -9.12. The van der Waals surface area contributed by atoms with Gasteiger partial charge in [-0.3, -0.25) is 24.0 Å². The normalized spacial score (nSPS) is 26.5. The molecule has 16 atom stereocenters. The Labute approximate surface area is 569 Å². The van der Waals surface area contributed by atoms with Crippen molar-refractivity contribution in [2.75, 3.05) is 172 Å². The smallest absolute Gasteiger partial charge is 0.220 e. The number of allylic oxidation sites excluding steroid dienone is 1. The molecule has 2 aliphatic heterocycles. The van der Waals surface area contributed by atoms with Crippen molar-refractivity contribution >= 4 is 29.4 Å². The van der Waals surface area contributed by atoms with E-state index in [2.05, 4.69) is 47.0 Å². The maximum atomic E-state index is 13.4. The summed E-state index contributed by atoms with van der Waals surface area (Å²) in [4.78, 5) is 61.7. The Kier molecular flexibility index (Phi) is 46.2. The zero-order valence-electron chi connectivity index (χ0n) is 57.5. The molecule has 0 radical (unpaired) electrons. The minimum absolute atomic E-state index is 0.0320. The number of carbonyl (C=O) groups is 5. The number of rotatable bonds is 57. The number of nitrogens with one attached hydrogen (secondary N) is 5. The third-order valence-electron chi connectivity index (χ3n) is 16.9. The van der Waals surface area contributed by atoms with Crippen molar-refractivity contribution in [3.8, 4) is 0 Å². The number of hydrogen-bond donors (Lipinski definition) is 14. The van der Waals surface area contributed by atoms with E-state index in [-0.39, 0.29) is 141 Å². The summed E-state index contributed by atoms with van der Waals surface area (Å²) in [5.41, 5.74) is 0.424. The summed E-state index contributed by atoms with van der Waals surface area (Å²) in [7, 11) is 0. The van der Waals surface area contributed by atoms with Crippen molar-refractivity contribution in [3.63, 3.8) is 0 Å². The van der Waals surface area contributed by atoms with Gasteiger partial charge in [-0.05, 0) is 49.9 Å². The quantitative estimate of drug-likeness (QED) is 0.0260. The Balaban J connectivity index is 1.34. The van der Waals surface area contributed by atoms with Crippen LogP contribution in [0.2, 0.25) is 0 Å². The van der Waals surface area contributed by atoms with Gasteiger partial charge in [-0.25, -0.2) is 0 Å². The SMILES string of the molecule is C=C(CCC(CCC(=O)CCCOCCOCCOCCOC1OC(CO)C(O)C(O)C1NC(C)=O)(CCC(=O)NCCOCCOCCOCCOC1OC(CO)C(O)C(O)C1NC(C)=O)C(C)C)NCCOCCOCCOCCOC1CC(CO)C(O)C(O)C1NC(C)=O. The fraction of sp³-hybridized carbons (Fsp3) is 0.891. The average Bonchev–Trinajstić information content (AvgIpc) is 0.860. The highest BCUT2D eigenvalue weighted by atomic mass is 16.7. The molecule has 0 aromatic carbocycles. The zero-order valence-corrected chi connectivity index (χ0v) is 57.5. The monoisotopic (exact) mass is 1400 g/mol. The number of amides is 4. The highest BCUT2D eigenvalue weighted by Gasteiger charge is 2.47. The molecule has 97 heavy (non-hydrogen) atoms. The second kappa shape index (κ2) is 51.3. The lowest BCUT2D eigenvalue weighted by Gasteiger charge is -2.42. The molecule has 4 amide bonds. The van der Waals surface area contributed by atoms with E-state index < -0.39 is 117 Å². The molecule has 0 aromatic rings. The Bertz CT molecular complexity index is 1930. The molecule has 3 rings (SSSR count). The second-order valence-corrected chi connectivity index (χ2v) is 24.5. The van der Waals surface area contributed by atoms with Crippen molar-refractivity contribution in [3.05, 3.63) is 12.3 Å². The fourth-order valence-corrected chi connectivity index (χ4v) is 11.2. The maximum absolute atomic E-state index is 13.4. The third kappa shape index (κ3) is 35.1. The van der Waals surface area contributed by atoms with E-state index in [1.54, 1.807) is 0 Å². The first-order chi connectivity index (χ1) is 46.6. The number of Topliss-reactive ketones (excluding diaryl/α,β-unsaturated/α-hetero) is 1. The first-order valence-electron chi connectivity index (χ1n) is 33.9. The standard InChI is InChI=1S/C64H117N5O28/c1-42(2)64(12-9-43(3)65-15-18-85-21-24-88-26-29-90-32-35-93-49-38-47(39-70)56(78)59(81)53(49)67-44(4)73,13-10-48(76)8-7-17-84-20-23-87-27-30-91-33-36-94-62-54(68-45(5)74)60(82)57(79)50(40-71)96-62)14-11-52(77)66-16-19-86-22-25-89-28-31-92-34-37-95-63-55(69-46(6)75)61(83)58(80)51(41-72)97-63/h42,47,49-51,53-63,65,70-72,78-83H,3,7-41H2,1-2,4-6H3,(H,66,77)(H,67,73)(H,68,74)(H,69,75). The lowest BCUT2D eigenvalue weighted by atomic mass is 9.67. The van der Waals surface area contributed by atoms with Crippen molar-refractivity contribution < 1.29 is 136 Å². The lowest BCUT2D eigenvalue weighted by Crippen LogP contribution is -2.64. The fourth-order valence-electron chi connectivity index (χ4n) is 11.2. The van der Waals surface area contributed by atoms with Gasteiger partial charge < -0.3 is 139 Å². The van der Waals surface area contributed by atoms with E-state index in [4.69, 9.17) is 66.3 Å². The molecule has 0 spiro atoms. The van der Waals surface area contributed by atoms with Gasteiger partial charge in [0.05, 0.1) is 164 Å². The molecule has 0 aromatic heterocycles. The summed E-state index contributed by atoms with van der Waals surface area (Å²) < 4.78 is 78.9. The molecule has 16 unspecified atom stereocenters. The van der Waals surface area contributed by atoms with Crippen LogP contribution < -0.4 is 26.6 Å². The number of ketones is 1. The molecule has 0 bridgehead atoms. The van der Waals surface area contributed by atoms with Gasteiger partial charge in [0.25, 0.3) is 0 Å². The van der Waals surface area contributed by atoms with E-state index in [0.717, 1.165) is 5.70 Å². The summed E-state index contributed by atoms with van der Waals surface area (Å²) in [6, 6.07) is -2.92. The van der Waals surface area contributed by atoms with Crippen LogP contribution in [0.5, 0.6) is 0 Å². The number of hydrogen-bond acceptors (Lipinski definition) is 29. The van der Waals surface area contributed by atoms with E-state index in [1.807, 2.05) is 0 Å². The highest BCUT2D eigenvalue weighted by Crippen LogP contribution is 2.43. The van der Waals surface area contributed by atoms with Crippen LogP contribution in [0.1, 0.15) is 92.4 Å². The number of ether oxygens (including phenoxy) is 14. The van der Waals surface area contributed by atoms with Gasteiger partial charge in [0.1, 0.15) is 60.6 Å². The maximum Gasteiger partial charge on any atom is 0.220 e. The molecule has 1 aliphatic carbocycles. The van der Waals surface area contributed by atoms with Crippen molar-refractivity contribution in [2.45, 2.75) is 178 Å². The molecule has 2 heterocycles. The van der Waals surface area contributed by atoms with Crippen LogP contribution in [0.25, 0.3) is 0 Å². The van der Waals surface area contributed by atoms with E-state index >= 15 is 0 Å². The van der Waals surface area contributed by atoms with Crippen LogP contribution in [0.15, 0.2) is 12.3 Å². The molecule has 566 valence electrons. The summed E-state index contributed by atoms with van der Waals surface area (Å²) in [5, 5.41) is 105. The number of carbonyl (C=O) groups excluding carboxylic acids is 5. The van der Waals surface area contributed by atoms with Crippen molar-refractivity contribution in [2.24, 2.45) is 17.3 Å². The number of aliphatic hydroxyl groups is 9. The summed E-state index contributed by atoms with van der Waals surface area (Å²) in [5.74, 6) is -1.81. The van der Waals surface area contributed by atoms with Crippen LogP contribution in [0.3, 0.4) is 0 Å².